The van der Waals surface area contributed by atoms with Gasteiger partial charge in [-0.05, 0) is 37.0 Å². The smallest absolute Gasteiger partial charge is 0.118 e. The number of aromatic nitrogens is 1. The summed E-state index contributed by atoms with van der Waals surface area (Å²) < 4.78 is 5.85. The molecule has 1 aromatic heterocycles. The number of fused-ring (bicyclic) bond motifs is 6. The van der Waals surface area contributed by atoms with Crippen molar-refractivity contribution in [1.29, 1.82) is 0 Å². The lowest BCUT2D eigenvalue weighted by Crippen LogP contribution is -2.40. The van der Waals surface area contributed by atoms with Gasteiger partial charge in [0.1, 0.15) is 12.7 Å². The van der Waals surface area contributed by atoms with E-state index >= 15 is 0 Å². The Morgan fingerprint density at radius 1 is 1.31 bits per heavy atom. The third-order valence-corrected chi connectivity index (χ3v) is 6.06. The third kappa shape index (κ3) is 2.38. The zero-order valence-electron chi connectivity index (χ0n) is 15.2. The van der Waals surface area contributed by atoms with Crippen LogP contribution in [0.25, 0.3) is 10.9 Å². The highest BCUT2D eigenvalue weighted by molar-refractivity contribution is 5.85. The van der Waals surface area contributed by atoms with E-state index in [1.54, 1.807) is 7.11 Å². The number of nitrogens with zero attached hydrogens (tertiary/aromatic N) is 1. The van der Waals surface area contributed by atoms with Crippen molar-refractivity contribution in [2.24, 2.45) is 5.92 Å². The number of para-hydroxylation sites is 1. The number of rotatable bonds is 3. The summed E-state index contributed by atoms with van der Waals surface area (Å²) in [4.78, 5) is 16.2. The van der Waals surface area contributed by atoms with Crippen molar-refractivity contribution >= 4 is 10.9 Å². The number of H-pyrrole nitrogens is 1. The molecule has 3 aliphatic rings. The lowest BCUT2D eigenvalue weighted by Gasteiger charge is -2.45. The molecular formula is C21H24N2O3. The Labute approximate surface area is 153 Å². The fourth-order valence-corrected chi connectivity index (χ4v) is 4.75. The first-order valence-electron chi connectivity index (χ1n) is 9.33. The first-order valence-corrected chi connectivity index (χ1v) is 9.33. The Morgan fingerprint density at radius 2 is 2.19 bits per heavy atom. The molecule has 2 aromatic rings. The van der Waals surface area contributed by atoms with Crippen LogP contribution in [0.4, 0.5) is 0 Å². The summed E-state index contributed by atoms with van der Waals surface area (Å²) in [5.41, 5.74) is 6.60. The lowest BCUT2D eigenvalue weighted by atomic mass is 9.77. The Balaban J connectivity index is 1.54. The van der Waals surface area contributed by atoms with Crippen molar-refractivity contribution in [3.05, 3.63) is 59.1 Å². The molecule has 3 atom stereocenters. The van der Waals surface area contributed by atoms with Crippen molar-refractivity contribution in [2.45, 2.75) is 31.9 Å². The van der Waals surface area contributed by atoms with E-state index in [-0.39, 0.29) is 6.10 Å². The van der Waals surface area contributed by atoms with Crippen LogP contribution in [0.15, 0.2) is 47.9 Å². The van der Waals surface area contributed by atoms with Gasteiger partial charge in [-0.25, -0.2) is 9.78 Å². The molecule has 5 heteroatoms. The monoisotopic (exact) mass is 352 g/mol. The van der Waals surface area contributed by atoms with Gasteiger partial charge in [0.25, 0.3) is 0 Å². The number of hydrogen-bond donors (Lipinski definition) is 1. The first kappa shape index (κ1) is 16.0. The minimum absolute atomic E-state index is 0.108. The average Bonchev–Trinajstić information content (AvgIpc) is 3.06. The fraction of sp³-hybridized carbons (Fsp3) is 0.429. The van der Waals surface area contributed by atoms with Crippen LogP contribution >= 0.6 is 0 Å². The molecule has 26 heavy (non-hydrogen) atoms. The second-order valence-electron chi connectivity index (χ2n) is 7.38. The van der Waals surface area contributed by atoms with E-state index in [2.05, 4.69) is 47.3 Å². The molecule has 4 heterocycles. The SMILES string of the molecule is COOCC1=CO[C@@H](C)C2=CN3CCc4c([nH]c5ccccc45)[C@@H]3C[C@H]12. The molecule has 0 unspecified atom stereocenters. The van der Waals surface area contributed by atoms with E-state index in [9.17, 15) is 0 Å². The number of ether oxygens (including phenoxy) is 1. The highest BCUT2D eigenvalue weighted by Crippen LogP contribution is 2.46. The van der Waals surface area contributed by atoms with Crippen LogP contribution in [0, 0.1) is 5.92 Å². The van der Waals surface area contributed by atoms with Crippen molar-refractivity contribution in [3.8, 4) is 0 Å². The van der Waals surface area contributed by atoms with Crippen LogP contribution in [-0.4, -0.2) is 36.2 Å². The van der Waals surface area contributed by atoms with Gasteiger partial charge in [-0.2, -0.15) is 0 Å². The Hall–Kier alpha value is -2.24. The van der Waals surface area contributed by atoms with Gasteiger partial charge in [0.05, 0.1) is 19.4 Å². The van der Waals surface area contributed by atoms with Crippen LogP contribution in [0.5, 0.6) is 0 Å². The topological polar surface area (TPSA) is 46.7 Å². The molecule has 0 amide bonds. The maximum absolute atomic E-state index is 5.85. The van der Waals surface area contributed by atoms with Crippen LogP contribution in [0.3, 0.4) is 0 Å². The van der Waals surface area contributed by atoms with Crippen LogP contribution in [0.2, 0.25) is 0 Å². The zero-order chi connectivity index (χ0) is 17.7. The quantitative estimate of drug-likeness (QED) is 0.673. The highest BCUT2D eigenvalue weighted by atomic mass is 17.2. The van der Waals surface area contributed by atoms with Crippen LogP contribution < -0.4 is 0 Å². The van der Waals surface area contributed by atoms with Gasteiger partial charge in [-0.3, -0.25) is 0 Å². The summed E-state index contributed by atoms with van der Waals surface area (Å²) in [6, 6.07) is 9.01. The van der Waals surface area contributed by atoms with Crippen LogP contribution in [-0.2, 0) is 20.9 Å². The molecule has 1 aromatic carbocycles. The molecule has 0 spiro atoms. The molecule has 0 bridgehead atoms. The molecular weight excluding hydrogens is 328 g/mol. The first-order chi connectivity index (χ1) is 12.8. The molecule has 5 nitrogen and oxygen atoms in total. The van der Waals surface area contributed by atoms with E-state index in [1.165, 1.54) is 27.7 Å². The van der Waals surface area contributed by atoms with Crippen molar-refractivity contribution in [2.75, 3.05) is 20.3 Å². The summed E-state index contributed by atoms with van der Waals surface area (Å²) >= 11 is 0. The molecule has 0 saturated heterocycles. The van der Waals surface area contributed by atoms with Gasteiger partial charge < -0.3 is 14.6 Å². The number of nitrogens with one attached hydrogen (secondary N) is 1. The molecule has 3 aliphatic heterocycles. The number of hydrogen-bond acceptors (Lipinski definition) is 4. The molecule has 0 radical (unpaired) electrons. The highest BCUT2D eigenvalue weighted by Gasteiger charge is 2.40. The maximum atomic E-state index is 5.85. The number of aromatic amines is 1. The van der Waals surface area contributed by atoms with Crippen molar-refractivity contribution in [1.82, 2.24) is 9.88 Å². The molecule has 136 valence electrons. The zero-order valence-corrected chi connectivity index (χ0v) is 15.2. The van der Waals surface area contributed by atoms with Crippen molar-refractivity contribution < 1.29 is 14.5 Å². The fourth-order valence-electron chi connectivity index (χ4n) is 4.75. The van der Waals surface area contributed by atoms with E-state index in [0.29, 0.717) is 18.6 Å². The molecule has 0 fully saturated rings. The standard InChI is InChI=1S/C21H24N2O3/c1-13-18-10-23-8-7-16-15-5-3-4-6-19(15)22-21(16)20(23)9-17(18)14(11-25-13)12-26-24-2/h3-6,10-11,13,17,20,22H,7-9,12H2,1-2H3/t13-,17+,20-/m0/s1. The summed E-state index contributed by atoms with van der Waals surface area (Å²) in [7, 11) is 1.55. The average molecular weight is 352 g/mol. The normalized spacial score (nSPS) is 27.2. The third-order valence-electron chi connectivity index (χ3n) is 6.06. The maximum Gasteiger partial charge on any atom is 0.118 e. The molecule has 0 aliphatic carbocycles. The van der Waals surface area contributed by atoms with Gasteiger partial charge in [0.15, 0.2) is 0 Å². The van der Waals surface area contributed by atoms with Crippen molar-refractivity contribution in [3.63, 3.8) is 0 Å². The number of benzene rings is 1. The van der Waals surface area contributed by atoms with E-state index in [4.69, 9.17) is 14.5 Å². The molecule has 0 saturated carbocycles. The minimum atomic E-state index is 0.108. The lowest BCUT2D eigenvalue weighted by molar-refractivity contribution is -0.266. The second kappa shape index (κ2) is 6.18. The van der Waals surface area contributed by atoms with Gasteiger partial charge in [-0.15, -0.1) is 0 Å². The van der Waals surface area contributed by atoms with Gasteiger partial charge >= 0.3 is 0 Å². The summed E-state index contributed by atoms with van der Waals surface area (Å²) in [6.45, 7) is 3.62. The second-order valence-corrected chi connectivity index (χ2v) is 7.38. The summed E-state index contributed by atoms with van der Waals surface area (Å²) in [5, 5.41) is 1.37. The summed E-state index contributed by atoms with van der Waals surface area (Å²) in [6.07, 6.45) is 6.43. The Morgan fingerprint density at radius 3 is 3.08 bits per heavy atom. The van der Waals surface area contributed by atoms with Gasteiger partial charge in [0.2, 0.25) is 0 Å². The van der Waals surface area contributed by atoms with Gasteiger partial charge in [-0.1, -0.05) is 18.2 Å². The predicted octanol–water partition coefficient (Wildman–Crippen LogP) is 3.85. The largest absolute Gasteiger partial charge is 0.494 e. The summed E-state index contributed by atoms with van der Waals surface area (Å²) in [5.74, 6) is 0.340. The molecule has 5 rings (SSSR count). The van der Waals surface area contributed by atoms with Gasteiger partial charge in [0, 0.05) is 40.8 Å². The van der Waals surface area contributed by atoms with Crippen LogP contribution in [0.1, 0.15) is 30.6 Å². The Bertz CT molecular complexity index is 898. The predicted molar refractivity (Wildman–Crippen MR) is 99.2 cm³/mol. The van der Waals surface area contributed by atoms with E-state index < -0.39 is 0 Å². The van der Waals surface area contributed by atoms with E-state index in [1.807, 2.05) is 6.26 Å². The molecule has 1 N–H and O–H groups in total. The minimum Gasteiger partial charge on any atom is -0.494 e. The Kier molecular flexibility index (Phi) is 3.80. The van der Waals surface area contributed by atoms with E-state index in [0.717, 1.165) is 25.0 Å².